The highest BCUT2D eigenvalue weighted by atomic mass is 79.9. The molecule has 0 aromatic heterocycles. The van der Waals surface area contributed by atoms with Gasteiger partial charge in [-0.3, -0.25) is 0 Å². The van der Waals surface area contributed by atoms with E-state index in [0.29, 0.717) is 16.6 Å². The van der Waals surface area contributed by atoms with E-state index in [1.54, 1.807) is 0 Å². The minimum atomic E-state index is -0.213. The molecule has 2 aromatic carbocycles. The Morgan fingerprint density at radius 3 is 2.91 bits per heavy atom. The number of fused-ring (bicyclic) bond motifs is 3. The topological polar surface area (TPSA) is 12.0 Å². The van der Waals surface area contributed by atoms with E-state index in [9.17, 15) is 4.39 Å². The fourth-order valence-electron chi connectivity index (χ4n) is 3.65. The average Bonchev–Trinajstić information content (AvgIpc) is 2.96. The Morgan fingerprint density at radius 2 is 2.09 bits per heavy atom. The highest BCUT2D eigenvalue weighted by Gasteiger charge is 2.39. The van der Waals surface area contributed by atoms with Crippen molar-refractivity contribution in [3.8, 4) is 0 Å². The van der Waals surface area contributed by atoms with Crippen LogP contribution in [0.25, 0.3) is 0 Å². The molecule has 0 bridgehead atoms. The molecule has 1 aliphatic heterocycles. The van der Waals surface area contributed by atoms with Crippen LogP contribution in [-0.2, 0) is 0 Å². The van der Waals surface area contributed by atoms with Crippen LogP contribution in [0.4, 0.5) is 10.1 Å². The summed E-state index contributed by atoms with van der Waals surface area (Å²) in [5, 5.41) is 4.12. The van der Waals surface area contributed by atoms with Crippen LogP contribution in [0.15, 0.2) is 53.0 Å². The number of benzene rings is 2. The van der Waals surface area contributed by atoms with E-state index >= 15 is 0 Å². The minimum Gasteiger partial charge on any atom is -0.375 e. The van der Waals surface area contributed by atoms with Gasteiger partial charge >= 0.3 is 0 Å². The molecule has 0 fully saturated rings. The quantitative estimate of drug-likeness (QED) is 0.594. The second kappa shape index (κ2) is 5.39. The summed E-state index contributed by atoms with van der Waals surface area (Å²) in [6.07, 6.45) is 5.39. The molecule has 1 N–H and O–H groups in total. The fourth-order valence-corrected chi connectivity index (χ4v) is 4.30. The first-order chi connectivity index (χ1) is 10.6. The molecule has 0 unspecified atom stereocenters. The summed E-state index contributed by atoms with van der Waals surface area (Å²) in [6, 6.07) is 11.4. The molecule has 2 aromatic rings. The summed E-state index contributed by atoms with van der Waals surface area (Å²) < 4.78 is 15.2. The van der Waals surface area contributed by atoms with Crippen LogP contribution >= 0.6 is 27.5 Å². The van der Waals surface area contributed by atoms with E-state index < -0.39 is 0 Å². The average molecular weight is 379 g/mol. The minimum absolute atomic E-state index is 0.0712. The molecule has 1 heterocycles. The highest BCUT2D eigenvalue weighted by Crippen LogP contribution is 2.51. The highest BCUT2D eigenvalue weighted by molar-refractivity contribution is 9.10. The maximum Gasteiger partial charge on any atom is 0.147 e. The molecule has 0 amide bonds. The second-order valence-corrected chi connectivity index (χ2v) is 7.23. The standard InChI is InChI=1S/C18H14BrClFN/c19-11-8-15-13-5-2-6-14(13)17(22-18(15)16(21)9-11)10-3-1-4-12(20)7-10/h1-5,7-9,13-14,17,22H,6H2/t13-,14-,17-/m1/s1. The first kappa shape index (κ1) is 14.3. The molecule has 1 aliphatic carbocycles. The van der Waals surface area contributed by atoms with Crippen molar-refractivity contribution >= 4 is 33.2 Å². The Balaban J connectivity index is 1.84. The van der Waals surface area contributed by atoms with Crippen molar-refractivity contribution in [2.75, 3.05) is 5.32 Å². The number of nitrogens with one attached hydrogen (secondary N) is 1. The number of rotatable bonds is 1. The Kier molecular flexibility index (Phi) is 3.50. The normalized spacial score (nSPS) is 25.5. The van der Waals surface area contributed by atoms with Gasteiger partial charge in [-0.15, -0.1) is 0 Å². The van der Waals surface area contributed by atoms with Gasteiger partial charge in [-0.05, 0) is 47.7 Å². The Bertz CT molecular complexity index is 774. The molecule has 2 aliphatic rings. The predicted molar refractivity (Wildman–Crippen MR) is 91.9 cm³/mol. The smallest absolute Gasteiger partial charge is 0.147 e. The van der Waals surface area contributed by atoms with Gasteiger partial charge in [0.05, 0.1) is 11.7 Å². The van der Waals surface area contributed by atoms with Crippen molar-refractivity contribution < 1.29 is 4.39 Å². The monoisotopic (exact) mass is 377 g/mol. The van der Waals surface area contributed by atoms with Gasteiger partial charge in [0.1, 0.15) is 5.82 Å². The molecule has 22 heavy (non-hydrogen) atoms. The second-order valence-electron chi connectivity index (χ2n) is 5.88. The van der Waals surface area contributed by atoms with Crippen LogP contribution in [0.2, 0.25) is 5.02 Å². The van der Waals surface area contributed by atoms with Crippen LogP contribution < -0.4 is 5.32 Å². The van der Waals surface area contributed by atoms with Crippen molar-refractivity contribution in [2.45, 2.75) is 18.4 Å². The van der Waals surface area contributed by atoms with Gasteiger partial charge in [-0.25, -0.2) is 4.39 Å². The summed E-state index contributed by atoms with van der Waals surface area (Å²) in [5.74, 6) is 0.419. The predicted octanol–water partition coefficient (Wildman–Crippen LogP) is 6.07. The zero-order valence-electron chi connectivity index (χ0n) is 11.7. The van der Waals surface area contributed by atoms with Gasteiger partial charge in [0, 0.05) is 15.4 Å². The molecule has 1 nitrogen and oxygen atoms in total. The van der Waals surface area contributed by atoms with Crippen LogP contribution in [-0.4, -0.2) is 0 Å². The van der Waals surface area contributed by atoms with E-state index in [4.69, 9.17) is 11.6 Å². The number of allylic oxidation sites excluding steroid dienone is 2. The molecule has 0 spiro atoms. The van der Waals surface area contributed by atoms with Crippen molar-refractivity contribution in [3.63, 3.8) is 0 Å². The third-order valence-corrected chi connectivity index (χ3v) is 5.29. The molecule has 4 heteroatoms. The van der Waals surface area contributed by atoms with E-state index in [0.717, 1.165) is 22.0 Å². The first-order valence-electron chi connectivity index (χ1n) is 7.31. The molecular formula is C18H14BrClFN. The SMILES string of the molecule is Fc1cc(Br)cc2c1N[C@H](c1cccc(Cl)c1)[C@@H]1CC=C[C@@H]21. The lowest BCUT2D eigenvalue weighted by Gasteiger charge is -2.37. The Morgan fingerprint density at radius 1 is 1.23 bits per heavy atom. The van der Waals surface area contributed by atoms with Crippen molar-refractivity contribution in [1.29, 1.82) is 0 Å². The zero-order chi connectivity index (χ0) is 15.3. The number of halogens is 3. The number of hydrogen-bond donors (Lipinski definition) is 1. The number of anilines is 1. The van der Waals surface area contributed by atoms with Crippen LogP contribution in [0.1, 0.15) is 29.5 Å². The largest absolute Gasteiger partial charge is 0.375 e. The molecule has 112 valence electrons. The van der Waals surface area contributed by atoms with Gasteiger partial charge in [0.2, 0.25) is 0 Å². The van der Waals surface area contributed by atoms with E-state index in [1.165, 1.54) is 6.07 Å². The maximum atomic E-state index is 14.4. The van der Waals surface area contributed by atoms with Crippen molar-refractivity contribution in [3.05, 3.63) is 75.0 Å². The molecule has 0 saturated heterocycles. The summed E-state index contributed by atoms with van der Waals surface area (Å²) in [6.45, 7) is 0. The third-order valence-electron chi connectivity index (χ3n) is 4.59. The lowest BCUT2D eigenvalue weighted by molar-refractivity contribution is 0.420. The van der Waals surface area contributed by atoms with Crippen LogP contribution in [0.5, 0.6) is 0 Å². The lowest BCUT2D eigenvalue weighted by atomic mass is 9.77. The molecule has 0 saturated carbocycles. The Hall–Kier alpha value is -1.32. The van der Waals surface area contributed by atoms with Gasteiger partial charge < -0.3 is 5.32 Å². The summed E-state index contributed by atoms with van der Waals surface area (Å²) in [7, 11) is 0. The summed E-state index contributed by atoms with van der Waals surface area (Å²) >= 11 is 9.53. The lowest BCUT2D eigenvalue weighted by Crippen LogP contribution is -2.29. The zero-order valence-corrected chi connectivity index (χ0v) is 14.0. The van der Waals surface area contributed by atoms with Crippen molar-refractivity contribution in [2.24, 2.45) is 5.92 Å². The van der Waals surface area contributed by atoms with Crippen LogP contribution in [0.3, 0.4) is 0 Å². The van der Waals surface area contributed by atoms with Gasteiger partial charge in [0.25, 0.3) is 0 Å². The maximum absolute atomic E-state index is 14.4. The van der Waals surface area contributed by atoms with Crippen LogP contribution in [0, 0.1) is 11.7 Å². The van der Waals surface area contributed by atoms with Gasteiger partial charge in [-0.2, -0.15) is 0 Å². The van der Waals surface area contributed by atoms with E-state index in [2.05, 4.69) is 39.5 Å². The van der Waals surface area contributed by atoms with Gasteiger partial charge in [0.15, 0.2) is 0 Å². The van der Waals surface area contributed by atoms with E-state index in [-0.39, 0.29) is 17.8 Å². The first-order valence-corrected chi connectivity index (χ1v) is 8.48. The fraction of sp³-hybridized carbons (Fsp3) is 0.222. The molecule has 3 atom stereocenters. The van der Waals surface area contributed by atoms with Crippen molar-refractivity contribution in [1.82, 2.24) is 0 Å². The molecule has 4 rings (SSSR count). The summed E-state index contributed by atoms with van der Waals surface area (Å²) in [4.78, 5) is 0. The summed E-state index contributed by atoms with van der Waals surface area (Å²) in [5.41, 5.74) is 2.75. The molecule has 0 radical (unpaired) electrons. The number of hydrogen-bond acceptors (Lipinski definition) is 1. The Labute approximate surface area is 142 Å². The van der Waals surface area contributed by atoms with E-state index in [1.807, 2.05) is 24.3 Å². The molecular weight excluding hydrogens is 365 g/mol. The third kappa shape index (κ3) is 2.27. The van der Waals surface area contributed by atoms with Gasteiger partial charge in [-0.1, -0.05) is 51.8 Å².